The number of benzene rings is 1. The zero-order valence-corrected chi connectivity index (χ0v) is 18.1. The fraction of sp³-hybridized carbons (Fsp3) is 0.478. The lowest BCUT2D eigenvalue weighted by molar-refractivity contribution is -0.0559. The molecule has 5 rings (SSSR count). The van der Waals surface area contributed by atoms with Crippen LogP contribution in [0.1, 0.15) is 37.3 Å². The van der Waals surface area contributed by atoms with Crippen molar-refractivity contribution in [2.45, 2.75) is 49.6 Å². The Morgan fingerprint density at radius 3 is 2.69 bits per heavy atom. The minimum atomic E-state index is -1.70. The van der Waals surface area contributed by atoms with Crippen LogP contribution >= 0.6 is 0 Å². The monoisotopic (exact) mass is 433 g/mol. The fourth-order valence-electron chi connectivity index (χ4n) is 6.36. The number of hydrogen-bond acceptors (Lipinski definition) is 5. The van der Waals surface area contributed by atoms with E-state index in [1.807, 2.05) is 6.07 Å². The first kappa shape index (κ1) is 21.4. The molecule has 0 saturated heterocycles. The van der Waals surface area contributed by atoms with Crippen LogP contribution in [0.2, 0.25) is 0 Å². The molecule has 4 radical (unpaired) electrons. The van der Waals surface area contributed by atoms with E-state index in [0.29, 0.717) is 12.0 Å². The van der Waals surface area contributed by atoms with Gasteiger partial charge in [-0.25, -0.2) is 14.4 Å². The van der Waals surface area contributed by atoms with Gasteiger partial charge in [-0.15, -0.1) is 0 Å². The lowest BCUT2D eigenvalue weighted by Crippen LogP contribution is -2.60. The summed E-state index contributed by atoms with van der Waals surface area (Å²) in [5.74, 6) is -1.16. The van der Waals surface area contributed by atoms with E-state index in [1.165, 1.54) is 0 Å². The number of nitrogens with zero attached hydrogens (tertiary/aromatic N) is 2. The van der Waals surface area contributed by atoms with Crippen LogP contribution in [0.15, 0.2) is 35.5 Å². The normalized spacial score (nSPS) is 32.7. The maximum atomic E-state index is 14.5. The van der Waals surface area contributed by atoms with Crippen LogP contribution in [0.4, 0.5) is 8.78 Å². The third-order valence-corrected chi connectivity index (χ3v) is 7.59. The number of ether oxygens (including phenoxy) is 2. The smallest absolute Gasteiger partial charge is 0.281 e. The molecule has 0 unspecified atom stereocenters. The first-order chi connectivity index (χ1) is 15.1. The SMILES string of the molecule is [B]C1([B])OC(N)=N[C@]12c1cc(-c3cc(F)cnc3F)ccc1C[C@]21CC[C@@H](OC)[C@H](C)C1. The molecule has 1 aromatic heterocycles. The average molecular weight is 433 g/mol. The van der Waals surface area contributed by atoms with Gasteiger partial charge < -0.3 is 15.2 Å². The second kappa shape index (κ2) is 7.04. The van der Waals surface area contributed by atoms with Crippen molar-refractivity contribution >= 4 is 21.7 Å². The van der Waals surface area contributed by atoms with E-state index >= 15 is 0 Å². The molecule has 5 nitrogen and oxygen atoms in total. The molecule has 162 valence electrons. The van der Waals surface area contributed by atoms with Gasteiger partial charge in [-0.1, -0.05) is 19.1 Å². The Morgan fingerprint density at radius 2 is 2.03 bits per heavy atom. The molecule has 9 heteroatoms. The molecule has 1 fully saturated rings. The van der Waals surface area contributed by atoms with Crippen molar-refractivity contribution in [1.29, 1.82) is 0 Å². The van der Waals surface area contributed by atoms with Gasteiger partial charge in [0.2, 0.25) is 5.95 Å². The van der Waals surface area contributed by atoms with Crippen LogP contribution in [0.3, 0.4) is 0 Å². The molecule has 4 atom stereocenters. The molecule has 32 heavy (non-hydrogen) atoms. The van der Waals surface area contributed by atoms with Crippen molar-refractivity contribution in [3.63, 3.8) is 0 Å². The van der Waals surface area contributed by atoms with Gasteiger partial charge in [0.05, 0.1) is 17.7 Å². The molecule has 1 aromatic carbocycles. The van der Waals surface area contributed by atoms with Crippen molar-refractivity contribution < 1.29 is 18.3 Å². The van der Waals surface area contributed by atoms with E-state index in [2.05, 4.69) is 11.9 Å². The highest BCUT2D eigenvalue weighted by molar-refractivity contribution is 6.41. The van der Waals surface area contributed by atoms with Crippen molar-refractivity contribution in [3.05, 3.63) is 53.4 Å². The highest BCUT2D eigenvalue weighted by atomic mass is 19.1. The van der Waals surface area contributed by atoms with Crippen molar-refractivity contribution in [2.75, 3.05) is 7.11 Å². The van der Waals surface area contributed by atoms with Gasteiger partial charge in [0.15, 0.2) is 0 Å². The zero-order chi connectivity index (χ0) is 22.9. The van der Waals surface area contributed by atoms with E-state index < -0.39 is 28.1 Å². The number of amidine groups is 1. The fourth-order valence-corrected chi connectivity index (χ4v) is 6.36. The number of rotatable bonds is 2. The quantitative estimate of drug-likeness (QED) is 0.585. The Labute approximate surface area is 188 Å². The first-order valence-corrected chi connectivity index (χ1v) is 10.7. The Balaban J connectivity index is 1.71. The van der Waals surface area contributed by atoms with Crippen LogP contribution in [-0.4, -0.2) is 45.3 Å². The van der Waals surface area contributed by atoms with Crippen molar-refractivity contribution in [2.24, 2.45) is 22.1 Å². The van der Waals surface area contributed by atoms with E-state index in [4.69, 9.17) is 35.9 Å². The summed E-state index contributed by atoms with van der Waals surface area (Å²) in [7, 11) is 14.9. The summed E-state index contributed by atoms with van der Waals surface area (Å²) in [5, 5.41) is -1.70. The third kappa shape index (κ3) is 2.79. The Morgan fingerprint density at radius 1 is 1.25 bits per heavy atom. The number of fused-ring (bicyclic) bond motifs is 3. The Bertz CT molecular complexity index is 1130. The second-order valence-electron chi connectivity index (χ2n) is 9.37. The zero-order valence-electron chi connectivity index (χ0n) is 18.1. The van der Waals surface area contributed by atoms with E-state index in [9.17, 15) is 8.78 Å². The minimum Gasteiger partial charge on any atom is -0.476 e. The number of pyridine rings is 1. The van der Waals surface area contributed by atoms with Gasteiger partial charge >= 0.3 is 0 Å². The van der Waals surface area contributed by atoms with Crippen LogP contribution in [-0.2, 0) is 21.4 Å². The number of halogens is 2. The lowest BCUT2D eigenvalue weighted by atomic mass is 9.44. The summed E-state index contributed by atoms with van der Waals surface area (Å²) in [6.45, 7) is 2.14. The predicted molar refractivity (Wildman–Crippen MR) is 118 cm³/mol. The molecular formula is C23H23B2F2N3O2. The average Bonchev–Trinajstić information content (AvgIpc) is 3.14. The molecule has 1 aliphatic heterocycles. The molecule has 3 aliphatic rings. The number of nitrogens with two attached hydrogens (primary N) is 1. The van der Waals surface area contributed by atoms with Gasteiger partial charge in [-0.05, 0) is 60.4 Å². The largest absolute Gasteiger partial charge is 0.476 e. The third-order valence-electron chi connectivity index (χ3n) is 7.59. The minimum absolute atomic E-state index is 0.0517. The topological polar surface area (TPSA) is 69.7 Å². The maximum Gasteiger partial charge on any atom is 0.281 e. The predicted octanol–water partition coefficient (Wildman–Crippen LogP) is 2.94. The number of hydrogen-bond donors (Lipinski definition) is 1. The number of aliphatic imine (C=N–C) groups is 1. The molecule has 2 aliphatic carbocycles. The highest BCUT2D eigenvalue weighted by Gasteiger charge is 2.68. The highest BCUT2D eigenvalue weighted by Crippen LogP contribution is 2.65. The lowest BCUT2D eigenvalue weighted by Gasteiger charge is -2.53. The number of methoxy groups -OCH3 is 1. The summed E-state index contributed by atoms with van der Waals surface area (Å²) in [4.78, 5) is 8.26. The van der Waals surface area contributed by atoms with Crippen molar-refractivity contribution in [3.8, 4) is 11.1 Å². The summed E-state index contributed by atoms with van der Waals surface area (Å²) < 4.78 is 39.6. The van der Waals surface area contributed by atoms with Gasteiger partial charge in [0.1, 0.15) is 27.0 Å². The van der Waals surface area contributed by atoms with E-state index in [1.54, 1.807) is 19.2 Å². The maximum absolute atomic E-state index is 14.5. The van der Waals surface area contributed by atoms with E-state index in [-0.39, 0.29) is 23.6 Å². The molecule has 2 aromatic rings. The molecule has 2 spiro atoms. The molecule has 0 bridgehead atoms. The molecule has 0 amide bonds. The summed E-state index contributed by atoms with van der Waals surface area (Å²) in [6.07, 6.45) is 3.96. The van der Waals surface area contributed by atoms with Gasteiger partial charge in [-0.2, -0.15) is 4.39 Å². The van der Waals surface area contributed by atoms with Crippen LogP contribution < -0.4 is 5.73 Å². The van der Waals surface area contributed by atoms with Crippen LogP contribution in [0, 0.1) is 23.1 Å². The summed E-state index contributed by atoms with van der Waals surface area (Å²) in [6, 6.07) is 6.48. The number of aromatic nitrogens is 1. The first-order valence-electron chi connectivity index (χ1n) is 10.7. The molecule has 2 heterocycles. The Hall–Kier alpha value is -2.41. The summed E-state index contributed by atoms with van der Waals surface area (Å²) >= 11 is 0. The van der Waals surface area contributed by atoms with E-state index in [0.717, 1.165) is 42.7 Å². The molecule has 2 N–H and O–H groups in total. The molecular weight excluding hydrogens is 410 g/mol. The second-order valence-corrected chi connectivity index (χ2v) is 9.37. The standard InChI is InChI=1S/C23H23B2F2N3O2/c1-12-9-21(6-5-18(12)31-2)10-14-4-3-13(16-8-15(26)11-29-19(16)27)7-17(14)22(21)23(24,25)32-20(28)30-22/h3-4,7-8,11-12,18H,5-6,9-10H2,1-2H3,(H2,28,30)/t12-,18-,21-,22+/m1/s1. The van der Waals surface area contributed by atoms with Crippen molar-refractivity contribution in [1.82, 2.24) is 4.98 Å². The Kier molecular flexibility index (Phi) is 4.72. The molecule has 1 saturated carbocycles. The van der Waals surface area contributed by atoms with Crippen LogP contribution in [0.5, 0.6) is 0 Å². The van der Waals surface area contributed by atoms with Gasteiger partial charge in [0.25, 0.3) is 6.02 Å². The van der Waals surface area contributed by atoms with Crippen LogP contribution in [0.25, 0.3) is 11.1 Å². The van der Waals surface area contributed by atoms with Gasteiger partial charge in [0, 0.05) is 18.1 Å². The van der Waals surface area contributed by atoms with Gasteiger partial charge in [-0.3, -0.25) is 0 Å². The summed E-state index contributed by atoms with van der Waals surface area (Å²) in [5.41, 5.74) is 6.63.